The van der Waals surface area contributed by atoms with Gasteiger partial charge in [0.2, 0.25) is 5.95 Å². The summed E-state index contributed by atoms with van der Waals surface area (Å²) in [4.78, 5) is 15.6. The molecule has 0 aromatic carbocycles. The Bertz CT molecular complexity index is 578. The van der Waals surface area contributed by atoms with E-state index in [1.54, 1.807) is 11.3 Å². The second kappa shape index (κ2) is 6.37. The van der Waals surface area contributed by atoms with E-state index in [2.05, 4.69) is 53.8 Å². The summed E-state index contributed by atoms with van der Waals surface area (Å²) < 4.78 is 0. The summed E-state index contributed by atoms with van der Waals surface area (Å²) in [7, 11) is 4.17. The van der Waals surface area contributed by atoms with E-state index < -0.39 is 0 Å². The van der Waals surface area contributed by atoms with Gasteiger partial charge in [0, 0.05) is 24.5 Å². The molecule has 2 rings (SSSR count). The molecule has 2 N–H and O–H groups in total. The maximum Gasteiger partial charge on any atom is 0.223 e. The molecule has 110 valence electrons. The average molecular weight is 293 g/mol. The Hall–Kier alpha value is -1.40. The lowest BCUT2D eigenvalue weighted by molar-refractivity contribution is 0.412. The summed E-state index contributed by atoms with van der Waals surface area (Å²) in [5.74, 6) is 1.33. The number of rotatable bonds is 6. The second-order valence-electron chi connectivity index (χ2n) is 5.27. The number of fused-ring (bicyclic) bond motifs is 1. The number of hydrogen-bond donors (Lipinski definition) is 1. The maximum atomic E-state index is 5.87. The van der Waals surface area contributed by atoms with Crippen LogP contribution in [0.1, 0.15) is 18.2 Å². The van der Waals surface area contributed by atoms with Crippen molar-refractivity contribution in [2.24, 2.45) is 0 Å². The van der Waals surface area contributed by atoms with E-state index in [-0.39, 0.29) is 0 Å². The largest absolute Gasteiger partial charge is 0.368 e. The highest BCUT2D eigenvalue weighted by Gasteiger charge is 2.15. The van der Waals surface area contributed by atoms with Crippen LogP contribution in [0.3, 0.4) is 0 Å². The van der Waals surface area contributed by atoms with Crippen molar-refractivity contribution in [1.82, 2.24) is 14.9 Å². The van der Waals surface area contributed by atoms with Gasteiger partial charge in [-0.25, -0.2) is 4.98 Å². The standard InChI is InChI=1S/C14H23N5S/c1-5-6-19(8-7-18(3)4)12-11-9-10(2)20-13(11)17-14(15)16-12/h9H,5-8H2,1-4H3,(H2,15,16,17). The molecule has 0 radical (unpaired) electrons. The molecule has 0 amide bonds. The van der Waals surface area contributed by atoms with Crippen molar-refractivity contribution in [3.63, 3.8) is 0 Å². The predicted octanol–water partition coefficient (Wildman–Crippen LogP) is 2.36. The van der Waals surface area contributed by atoms with Gasteiger partial charge >= 0.3 is 0 Å². The third kappa shape index (κ3) is 3.37. The zero-order chi connectivity index (χ0) is 14.7. The third-order valence-corrected chi connectivity index (χ3v) is 4.07. The summed E-state index contributed by atoms with van der Waals surface area (Å²) in [5, 5.41) is 1.12. The highest BCUT2D eigenvalue weighted by Crippen LogP contribution is 2.31. The van der Waals surface area contributed by atoms with Gasteiger partial charge in [-0.05, 0) is 33.5 Å². The number of anilines is 2. The van der Waals surface area contributed by atoms with E-state index in [4.69, 9.17) is 5.73 Å². The van der Waals surface area contributed by atoms with Crippen molar-refractivity contribution in [3.8, 4) is 0 Å². The molecule has 5 nitrogen and oxygen atoms in total. The molecular weight excluding hydrogens is 270 g/mol. The minimum absolute atomic E-state index is 0.361. The van der Waals surface area contributed by atoms with Crippen molar-refractivity contribution in [2.75, 3.05) is 44.4 Å². The van der Waals surface area contributed by atoms with E-state index in [0.717, 1.165) is 42.1 Å². The first-order chi connectivity index (χ1) is 9.51. The Morgan fingerprint density at radius 3 is 2.60 bits per heavy atom. The van der Waals surface area contributed by atoms with Crippen LogP contribution >= 0.6 is 11.3 Å². The molecule has 0 aliphatic carbocycles. The molecule has 0 spiro atoms. The quantitative estimate of drug-likeness (QED) is 0.886. The van der Waals surface area contributed by atoms with Gasteiger partial charge in [0.15, 0.2) is 0 Å². The first-order valence-electron chi connectivity index (χ1n) is 6.94. The van der Waals surface area contributed by atoms with E-state index in [1.807, 2.05) is 0 Å². The van der Waals surface area contributed by atoms with Crippen LogP contribution < -0.4 is 10.6 Å². The van der Waals surface area contributed by atoms with Gasteiger partial charge in [0.1, 0.15) is 10.6 Å². The Kier molecular flexibility index (Phi) is 4.77. The number of aryl methyl sites for hydroxylation is 1. The SMILES string of the molecule is CCCN(CCN(C)C)c1nc(N)nc2sc(C)cc12. The molecule has 0 bridgehead atoms. The predicted molar refractivity (Wildman–Crippen MR) is 87.6 cm³/mol. The summed E-state index contributed by atoms with van der Waals surface area (Å²) in [6.07, 6.45) is 1.09. The van der Waals surface area contributed by atoms with E-state index >= 15 is 0 Å². The zero-order valence-electron chi connectivity index (χ0n) is 12.7. The lowest BCUT2D eigenvalue weighted by Gasteiger charge is -2.25. The van der Waals surface area contributed by atoms with Crippen LogP contribution in [0, 0.1) is 6.92 Å². The van der Waals surface area contributed by atoms with Gasteiger partial charge in [0.25, 0.3) is 0 Å². The van der Waals surface area contributed by atoms with Crippen LogP contribution in [0.25, 0.3) is 10.2 Å². The molecule has 0 unspecified atom stereocenters. The maximum absolute atomic E-state index is 5.87. The number of nitrogens with two attached hydrogens (primary N) is 1. The van der Waals surface area contributed by atoms with Crippen molar-refractivity contribution in [2.45, 2.75) is 20.3 Å². The monoisotopic (exact) mass is 293 g/mol. The van der Waals surface area contributed by atoms with Crippen LogP contribution in [0.15, 0.2) is 6.07 Å². The van der Waals surface area contributed by atoms with Crippen LogP contribution in [-0.4, -0.2) is 48.6 Å². The number of hydrogen-bond acceptors (Lipinski definition) is 6. The van der Waals surface area contributed by atoms with Crippen molar-refractivity contribution in [1.29, 1.82) is 0 Å². The van der Waals surface area contributed by atoms with Crippen LogP contribution in [0.2, 0.25) is 0 Å². The first kappa shape index (κ1) is 15.0. The summed E-state index contributed by atoms with van der Waals surface area (Å²) >= 11 is 1.67. The summed E-state index contributed by atoms with van der Waals surface area (Å²) in [6.45, 7) is 7.20. The minimum Gasteiger partial charge on any atom is -0.368 e. The van der Waals surface area contributed by atoms with Gasteiger partial charge in [-0.3, -0.25) is 0 Å². The van der Waals surface area contributed by atoms with E-state index in [1.165, 1.54) is 4.88 Å². The number of likely N-dealkylation sites (N-methyl/N-ethyl adjacent to an activating group) is 1. The van der Waals surface area contributed by atoms with Crippen LogP contribution in [-0.2, 0) is 0 Å². The first-order valence-corrected chi connectivity index (χ1v) is 7.76. The molecule has 2 heterocycles. The zero-order valence-corrected chi connectivity index (χ0v) is 13.5. The molecule has 0 aliphatic rings. The van der Waals surface area contributed by atoms with Crippen molar-refractivity contribution in [3.05, 3.63) is 10.9 Å². The van der Waals surface area contributed by atoms with Gasteiger partial charge in [-0.2, -0.15) is 4.98 Å². The Morgan fingerprint density at radius 2 is 1.95 bits per heavy atom. The molecule has 2 aromatic rings. The summed E-state index contributed by atoms with van der Waals surface area (Å²) in [5.41, 5.74) is 5.87. The van der Waals surface area contributed by atoms with Gasteiger partial charge in [-0.1, -0.05) is 6.92 Å². The smallest absolute Gasteiger partial charge is 0.223 e. The fourth-order valence-electron chi connectivity index (χ4n) is 2.20. The molecule has 2 aromatic heterocycles. The van der Waals surface area contributed by atoms with E-state index in [9.17, 15) is 0 Å². The Labute approximate surface area is 124 Å². The number of aromatic nitrogens is 2. The highest BCUT2D eigenvalue weighted by atomic mass is 32.1. The van der Waals surface area contributed by atoms with Crippen LogP contribution in [0.5, 0.6) is 0 Å². The molecule has 0 aliphatic heterocycles. The van der Waals surface area contributed by atoms with Gasteiger partial charge in [0.05, 0.1) is 5.39 Å². The van der Waals surface area contributed by atoms with E-state index in [0.29, 0.717) is 5.95 Å². The Morgan fingerprint density at radius 1 is 1.20 bits per heavy atom. The lowest BCUT2D eigenvalue weighted by atomic mass is 10.3. The molecular formula is C14H23N5S. The molecule has 0 saturated carbocycles. The van der Waals surface area contributed by atoms with Crippen molar-refractivity contribution >= 4 is 33.3 Å². The van der Waals surface area contributed by atoms with Gasteiger partial charge in [-0.15, -0.1) is 11.3 Å². The normalized spacial score (nSPS) is 11.4. The number of nitrogens with zero attached hydrogens (tertiary/aromatic N) is 4. The number of nitrogen functional groups attached to an aromatic ring is 1. The molecule has 0 fully saturated rings. The van der Waals surface area contributed by atoms with Gasteiger partial charge < -0.3 is 15.5 Å². The lowest BCUT2D eigenvalue weighted by Crippen LogP contribution is -2.33. The second-order valence-corrected chi connectivity index (χ2v) is 6.51. The van der Waals surface area contributed by atoms with Crippen LogP contribution in [0.4, 0.5) is 11.8 Å². The number of thiophene rings is 1. The fraction of sp³-hybridized carbons (Fsp3) is 0.571. The Balaban J connectivity index is 2.40. The van der Waals surface area contributed by atoms with Crippen molar-refractivity contribution < 1.29 is 0 Å². The minimum atomic E-state index is 0.361. The molecule has 20 heavy (non-hydrogen) atoms. The molecule has 0 atom stereocenters. The third-order valence-electron chi connectivity index (χ3n) is 3.12. The fourth-order valence-corrected chi connectivity index (χ4v) is 3.08. The molecule has 0 saturated heterocycles. The average Bonchev–Trinajstić information content (AvgIpc) is 2.73. The summed E-state index contributed by atoms with van der Waals surface area (Å²) in [6, 6.07) is 2.16. The molecule has 6 heteroatoms. The highest BCUT2D eigenvalue weighted by molar-refractivity contribution is 7.18. The topological polar surface area (TPSA) is 58.3 Å².